The Hall–Kier alpha value is -5.06. The predicted octanol–water partition coefficient (Wildman–Crippen LogP) is 2.99. The first-order chi connectivity index (χ1) is 17.3. The Morgan fingerprint density at radius 3 is 2.36 bits per heavy atom. The number of hydrogen-bond donors (Lipinski definition) is 4. The molecule has 0 aliphatic carbocycles. The van der Waals surface area contributed by atoms with Crippen LogP contribution in [0.15, 0.2) is 71.8 Å². The Morgan fingerprint density at radius 2 is 1.72 bits per heavy atom. The van der Waals surface area contributed by atoms with E-state index >= 15 is 0 Å². The van der Waals surface area contributed by atoms with E-state index in [1.165, 1.54) is 18.3 Å². The molecule has 4 N–H and O–H groups in total. The van der Waals surface area contributed by atoms with E-state index in [1.807, 2.05) is 36.4 Å². The third kappa shape index (κ3) is 5.53. The number of rotatable bonds is 8. The van der Waals surface area contributed by atoms with Crippen LogP contribution in [0.5, 0.6) is 0 Å². The van der Waals surface area contributed by atoms with Crippen molar-refractivity contribution in [2.75, 3.05) is 10.6 Å². The first kappa shape index (κ1) is 24.1. The summed E-state index contributed by atoms with van der Waals surface area (Å²) in [4.78, 5) is 56.5. The van der Waals surface area contributed by atoms with Crippen LogP contribution >= 0.6 is 0 Å². The highest BCUT2D eigenvalue weighted by molar-refractivity contribution is 6.04. The second kappa shape index (κ2) is 10.5. The number of aliphatic carboxylic acids is 1. The minimum Gasteiger partial charge on any atom is -0.481 e. The maximum atomic E-state index is 12.7. The molecule has 11 heteroatoms. The lowest BCUT2D eigenvalue weighted by molar-refractivity contribution is -0.138. The van der Waals surface area contributed by atoms with E-state index in [4.69, 9.17) is 5.11 Å². The number of H-pyrrole nitrogens is 1. The van der Waals surface area contributed by atoms with Crippen LogP contribution in [-0.4, -0.2) is 42.6 Å². The zero-order valence-corrected chi connectivity index (χ0v) is 19.2. The molecule has 0 atom stereocenters. The van der Waals surface area contributed by atoms with Crippen molar-refractivity contribution in [2.45, 2.75) is 19.8 Å². The Balaban J connectivity index is 1.44. The van der Waals surface area contributed by atoms with Crippen LogP contribution in [0, 0.1) is 6.92 Å². The molecule has 0 aliphatic rings. The number of nitrogens with zero attached hydrogens (tertiary/aromatic N) is 3. The van der Waals surface area contributed by atoms with Gasteiger partial charge in [-0.15, -0.1) is 0 Å². The van der Waals surface area contributed by atoms with E-state index < -0.39 is 23.3 Å². The van der Waals surface area contributed by atoms with Gasteiger partial charge in [-0.05, 0) is 31.2 Å². The standard InChI is InChI=1S/C25H22N6O5/c1-15-23(29-21(32)11-12-22(33)34)25(36)31(30-15)20-10-7-17(13-27-20)24(35)28-18-8-9-19(26-14-18)16-5-3-2-4-6-16/h2-10,13-14,30H,11-12H2,1H3,(H,28,35)(H,29,32)(H,33,34). The fraction of sp³-hybridized carbons (Fsp3) is 0.120. The Kier molecular flexibility index (Phi) is 7.00. The lowest BCUT2D eigenvalue weighted by Gasteiger charge is -2.07. The van der Waals surface area contributed by atoms with Crippen LogP contribution < -0.4 is 16.2 Å². The highest BCUT2D eigenvalue weighted by atomic mass is 16.4. The molecule has 0 aliphatic heterocycles. The first-order valence-corrected chi connectivity index (χ1v) is 10.9. The molecule has 3 aromatic heterocycles. The number of carbonyl (C=O) groups excluding carboxylic acids is 2. The van der Waals surface area contributed by atoms with Crippen molar-refractivity contribution < 1.29 is 19.5 Å². The SMILES string of the molecule is Cc1[nH]n(-c2ccc(C(=O)Nc3ccc(-c4ccccc4)nc3)cn2)c(=O)c1NC(=O)CCC(=O)O. The lowest BCUT2D eigenvalue weighted by Crippen LogP contribution is -2.22. The van der Waals surface area contributed by atoms with Gasteiger partial charge in [-0.1, -0.05) is 30.3 Å². The number of benzene rings is 1. The third-order valence-electron chi connectivity index (χ3n) is 5.23. The fourth-order valence-corrected chi connectivity index (χ4v) is 3.38. The van der Waals surface area contributed by atoms with Gasteiger partial charge < -0.3 is 15.7 Å². The largest absolute Gasteiger partial charge is 0.481 e. The highest BCUT2D eigenvalue weighted by Gasteiger charge is 2.17. The molecule has 11 nitrogen and oxygen atoms in total. The second-order valence-corrected chi connectivity index (χ2v) is 7.85. The van der Waals surface area contributed by atoms with Crippen molar-refractivity contribution in [1.82, 2.24) is 19.7 Å². The summed E-state index contributed by atoms with van der Waals surface area (Å²) < 4.78 is 1.12. The van der Waals surface area contributed by atoms with Crippen molar-refractivity contribution in [3.8, 4) is 17.1 Å². The van der Waals surface area contributed by atoms with Crippen molar-refractivity contribution in [3.63, 3.8) is 0 Å². The molecule has 2 amide bonds. The van der Waals surface area contributed by atoms with Gasteiger partial charge in [-0.3, -0.25) is 29.3 Å². The quantitative estimate of drug-likeness (QED) is 0.298. The molecule has 4 aromatic rings. The van der Waals surface area contributed by atoms with Crippen LogP contribution in [0.25, 0.3) is 17.1 Å². The van der Waals surface area contributed by atoms with Gasteiger partial charge >= 0.3 is 5.97 Å². The monoisotopic (exact) mass is 486 g/mol. The molecule has 3 heterocycles. The summed E-state index contributed by atoms with van der Waals surface area (Å²) in [6.45, 7) is 1.59. The molecule has 4 rings (SSSR count). The van der Waals surface area contributed by atoms with Crippen molar-refractivity contribution in [2.24, 2.45) is 0 Å². The number of aryl methyl sites for hydroxylation is 1. The number of aromatic amines is 1. The molecular weight excluding hydrogens is 464 g/mol. The zero-order chi connectivity index (χ0) is 25.7. The van der Waals surface area contributed by atoms with Crippen molar-refractivity contribution >= 4 is 29.2 Å². The summed E-state index contributed by atoms with van der Waals surface area (Å²) in [7, 11) is 0. The normalized spacial score (nSPS) is 10.6. The molecule has 0 saturated heterocycles. The van der Waals surface area contributed by atoms with Gasteiger partial charge in [0.2, 0.25) is 5.91 Å². The maximum Gasteiger partial charge on any atom is 0.303 e. The van der Waals surface area contributed by atoms with Gasteiger partial charge in [0, 0.05) is 18.2 Å². The van der Waals surface area contributed by atoms with E-state index in [0.29, 0.717) is 11.4 Å². The number of anilines is 2. The van der Waals surface area contributed by atoms with E-state index in [0.717, 1.165) is 15.9 Å². The summed E-state index contributed by atoms with van der Waals surface area (Å²) in [5, 5.41) is 16.7. The zero-order valence-electron chi connectivity index (χ0n) is 19.2. The molecule has 0 saturated carbocycles. The number of nitrogens with one attached hydrogen (secondary N) is 3. The molecule has 1 aromatic carbocycles. The van der Waals surface area contributed by atoms with Crippen LogP contribution in [-0.2, 0) is 9.59 Å². The average Bonchev–Trinajstić information content (AvgIpc) is 3.17. The van der Waals surface area contributed by atoms with Gasteiger partial charge in [0.25, 0.3) is 11.5 Å². The van der Waals surface area contributed by atoms with Gasteiger partial charge in [-0.25, -0.2) is 4.98 Å². The molecule has 0 unspecified atom stereocenters. The first-order valence-electron chi connectivity index (χ1n) is 10.9. The van der Waals surface area contributed by atoms with Crippen molar-refractivity contribution in [1.29, 1.82) is 0 Å². The van der Waals surface area contributed by atoms with E-state index in [9.17, 15) is 19.2 Å². The number of hydrogen-bond acceptors (Lipinski definition) is 6. The molecule has 0 spiro atoms. The second-order valence-electron chi connectivity index (χ2n) is 7.85. The lowest BCUT2D eigenvalue weighted by atomic mass is 10.1. The number of carboxylic acids is 1. The van der Waals surface area contributed by atoms with Gasteiger partial charge in [-0.2, -0.15) is 4.68 Å². The third-order valence-corrected chi connectivity index (χ3v) is 5.23. The summed E-state index contributed by atoms with van der Waals surface area (Å²) in [5.74, 6) is -1.89. The van der Waals surface area contributed by atoms with Crippen LogP contribution in [0.1, 0.15) is 28.9 Å². The predicted molar refractivity (Wildman–Crippen MR) is 132 cm³/mol. The molecule has 36 heavy (non-hydrogen) atoms. The molecular formula is C25H22N6O5. The van der Waals surface area contributed by atoms with Gasteiger partial charge in [0.1, 0.15) is 5.69 Å². The Morgan fingerprint density at radius 1 is 0.944 bits per heavy atom. The molecule has 0 radical (unpaired) electrons. The Bertz CT molecular complexity index is 1460. The van der Waals surface area contributed by atoms with Crippen LogP contribution in [0.4, 0.5) is 11.4 Å². The topological polar surface area (TPSA) is 159 Å². The Labute approximate surface area is 204 Å². The number of aromatic nitrogens is 4. The molecule has 0 bridgehead atoms. The molecule has 0 fully saturated rings. The smallest absolute Gasteiger partial charge is 0.303 e. The number of carboxylic acid groups (broad SMARTS) is 1. The average molecular weight is 486 g/mol. The summed E-state index contributed by atoms with van der Waals surface area (Å²) >= 11 is 0. The number of amides is 2. The van der Waals surface area contributed by atoms with E-state index in [1.54, 1.807) is 19.2 Å². The van der Waals surface area contributed by atoms with Gasteiger partial charge in [0.05, 0.1) is 35.3 Å². The fourth-order valence-electron chi connectivity index (χ4n) is 3.38. The number of carbonyl (C=O) groups is 3. The van der Waals surface area contributed by atoms with Crippen LogP contribution in [0.2, 0.25) is 0 Å². The van der Waals surface area contributed by atoms with Crippen LogP contribution in [0.3, 0.4) is 0 Å². The van der Waals surface area contributed by atoms with Crippen molar-refractivity contribution in [3.05, 3.63) is 88.6 Å². The maximum absolute atomic E-state index is 12.7. The summed E-state index contributed by atoms with van der Waals surface area (Å²) in [6.07, 6.45) is 2.29. The summed E-state index contributed by atoms with van der Waals surface area (Å²) in [6, 6.07) is 16.2. The minimum atomic E-state index is -1.11. The molecule has 182 valence electrons. The minimum absolute atomic E-state index is 0.000424. The highest BCUT2D eigenvalue weighted by Crippen LogP contribution is 2.18. The number of pyridine rings is 2. The van der Waals surface area contributed by atoms with E-state index in [2.05, 4.69) is 25.7 Å². The van der Waals surface area contributed by atoms with Gasteiger partial charge in [0.15, 0.2) is 5.82 Å². The summed E-state index contributed by atoms with van der Waals surface area (Å²) in [5.41, 5.74) is 2.34. The van der Waals surface area contributed by atoms with E-state index in [-0.39, 0.29) is 29.9 Å².